The van der Waals surface area contributed by atoms with Gasteiger partial charge in [0.15, 0.2) is 0 Å². The molecule has 2 rings (SSSR count). The number of hydrogen-bond donors (Lipinski definition) is 1. The maximum absolute atomic E-state index is 9.85. The molecule has 0 bridgehead atoms. The van der Waals surface area contributed by atoms with E-state index in [9.17, 15) is 5.11 Å². The van der Waals surface area contributed by atoms with Crippen LogP contribution in [0.3, 0.4) is 0 Å². The van der Waals surface area contributed by atoms with Crippen molar-refractivity contribution in [1.29, 1.82) is 0 Å². The van der Waals surface area contributed by atoms with Crippen LogP contribution in [0, 0.1) is 0 Å². The summed E-state index contributed by atoms with van der Waals surface area (Å²) in [5.41, 5.74) is 1.86. The lowest BCUT2D eigenvalue weighted by Crippen LogP contribution is -2.12. The van der Waals surface area contributed by atoms with Crippen molar-refractivity contribution in [2.75, 3.05) is 0 Å². The summed E-state index contributed by atoms with van der Waals surface area (Å²) in [5, 5.41) is 11.1. The minimum atomic E-state index is -0.434. The molecule has 0 aromatic heterocycles. The van der Waals surface area contributed by atoms with Crippen LogP contribution >= 0.6 is 23.2 Å². The number of rotatable bonds is 0. The van der Waals surface area contributed by atoms with Crippen LogP contribution in [0.4, 0.5) is 0 Å². The molecule has 0 amide bonds. The lowest BCUT2D eigenvalue weighted by molar-refractivity contribution is 0.161. The first-order chi connectivity index (χ1) is 6.42. The van der Waals surface area contributed by atoms with Gasteiger partial charge < -0.3 is 5.11 Å². The van der Waals surface area contributed by atoms with E-state index in [1.165, 1.54) is 0 Å². The van der Waals surface area contributed by atoms with Crippen molar-refractivity contribution in [3.63, 3.8) is 0 Å². The van der Waals surface area contributed by atoms with Gasteiger partial charge >= 0.3 is 0 Å². The van der Waals surface area contributed by atoms with Gasteiger partial charge in [0, 0.05) is 10.0 Å². The number of aliphatic hydroxyl groups is 1. The third kappa shape index (κ3) is 1.44. The van der Waals surface area contributed by atoms with E-state index in [0.717, 1.165) is 11.1 Å². The summed E-state index contributed by atoms with van der Waals surface area (Å²) in [6, 6.07) is 3.55. The molecule has 0 aliphatic heterocycles. The maximum Gasteiger partial charge on any atom is 0.0802 e. The predicted octanol–water partition coefficient (Wildman–Crippen LogP) is 3.71. The van der Waals surface area contributed by atoms with Gasteiger partial charge in [0.25, 0.3) is 0 Å². The highest BCUT2D eigenvalue weighted by Gasteiger charge is 2.37. The minimum absolute atomic E-state index is 0.0591. The van der Waals surface area contributed by atoms with E-state index in [1.807, 2.05) is 6.07 Å². The molecular weight excluding hydrogens is 219 g/mol. The number of hydrogen-bond acceptors (Lipinski definition) is 1. The van der Waals surface area contributed by atoms with Crippen LogP contribution in [-0.2, 0) is 5.41 Å². The van der Waals surface area contributed by atoms with Gasteiger partial charge in [-0.15, -0.1) is 0 Å². The molecule has 14 heavy (non-hydrogen) atoms. The van der Waals surface area contributed by atoms with Crippen LogP contribution in [0.15, 0.2) is 12.1 Å². The Bertz CT molecular complexity index is 385. The van der Waals surface area contributed by atoms with Crippen LogP contribution in [0.5, 0.6) is 0 Å². The van der Waals surface area contributed by atoms with E-state index >= 15 is 0 Å². The molecule has 1 aromatic rings. The van der Waals surface area contributed by atoms with E-state index in [2.05, 4.69) is 13.8 Å². The van der Waals surface area contributed by atoms with Gasteiger partial charge in [-0.1, -0.05) is 37.0 Å². The molecule has 0 fully saturated rings. The Morgan fingerprint density at radius 1 is 1.36 bits per heavy atom. The standard InChI is InChI=1S/C11H12Cl2O/c1-11(2)5-9(14)7-3-6(12)4-8(13)10(7)11/h3-4,9,14H,5H2,1-2H3. The fraction of sp³-hybridized carbons (Fsp3) is 0.455. The van der Waals surface area contributed by atoms with Crippen molar-refractivity contribution in [3.8, 4) is 0 Å². The van der Waals surface area contributed by atoms with Gasteiger partial charge in [-0.25, -0.2) is 0 Å². The molecule has 1 aliphatic carbocycles. The molecule has 1 aliphatic rings. The van der Waals surface area contributed by atoms with Crippen molar-refractivity contribution >= 4 is 23.2 Å². The summed E-state index contributed by atoms with van der Waals surface area (Å²) < 4.78 is 0. The molecule has 1 atom stereocenters. The number of benzene rings is 1. The first-order valence-corrected chi connectivity index (χ1v) is 5.35. The van der Waals surface area contributed by atoms with Crippen molar-refractivity contribution in [1.82, 2.24) is 0 Å². The Morgan fingerprint density at radius 2 is 2.00 bits per heavy atom. The van der Waals surface area contributed by atoms with Crippen molar-refractivity contribution in [3.05, 3.63) is 33.3 Å². The zero-order valence-electron chi connectivity index (χ0n) is 8.14. The molecule has 0 heterocycles. The molecule has 3 heteroatoms. The highest BCUT2D eigenvalue weighted by molar-refractivity contribution is 6.35. The summed E-state index contributed by atoms with van der Waals surface area (Å²) in [7, 11) is 0. The Balaban J connectivity index is 2.69. The summed E-state index contributed by atoms with van der Waals surface area (Å²) in [6.45, 7) is 4.17. The van der Waals surface area contributed by atoms with Crippen LogP contribution in [0.1, 0.15) is 37.5 Å². The molecule has 1 nitrogen and oxygen atoms in total. The van der Waals surface area contributed by atoms with Crippen molar-refractivity contribution < 1.29 is 5.11 Å². The second-order valence-electron chi connectivity index (χ2n) is 4.46. The molecule has 1 N–H and O–H groups in total. The molecule has 0 spiro atoms. The third-order valence-electron chi connectivity index (χ3n) is 2.82. The molecule has 76 valence electrons. The topological polar surface area (TPSA) is 20.2 Å². The van der Waals surface area contributed by atoms with E-state index < -0.39 is 6.10 Å². The smallest absolute Gasteiger partial charge is 0.0802 e. The fourth-order valence-corrected chi connectivity index (χ4v) is 3.03. The highest BCUT2D eigenvalue weighted by Crippen LogP contribution is 2.48. The minimum Gasteiger partial charge on any atom is -0.388 e. The molecule has 1 aromatic carbocycles. The lowest BCUT2D eigenvalue weighted by atomic mass is 9.86. The quantitative estimate of drug-likeness (QED) is 0.721. The predicted molar refractivity (Wildman–Crippen MR) is 59.1 cm³/mol. The largest absolute Gasteiger partial charge is 0.388 e. The number of fused-ring (bicyclic) bond motifs is 1. The van der Waals surface area contributed by atoms with Gasteiger partial charge in [0.2, 0.25) is 0 Å². The zero-order chi connectivity index (χ0) is 10.5. The Hall–Kier alpha value is -0.240. The monoisotopic (exact) mass is 230 g/mol. The number of halogens is 2. The van der Waals surface area contributed by atoms with Crippen LogP contribution in [-0.4, -0.2) is 5.11 Å². The van der Waals surface area contributed by atoms with Crippen LogP contribution in [0.25, 0.3) is 0 Å². The molecule has 1 unspecified atom stereocenters. The first kappa shape index (κ1) is 10.3. The third-order valence-corrected chi connectivity index (χ3v) is 3.34. The van der Waals surface area contributed by atoms with Gasteiger partial charge in [0.1, 0.15) is 0 Å². The van der Waals surface area contributed by atoms with E-state index in [1.54, 1.807) is 6.07 Å². The average molecular weight is 231 g/mol. The summed E-state index contributed by atoms with van der Waals surface area (Å²) >= 11 is 12.0. The van der Waals surface area contributed by atoms with E-state index in [4.69, 9.17) is 23.2 Å². The maximum atomic E-state index is 9.85. The zero-order valence-corrected chi connectivity index (χ0v) is 9.65. The molecule has 0 radical (unpaired) electrons. The summed E-state index contributed by atoms with van der Waals surface area (Å²) in [4.78, 5) is 0. The normalized spacial score (nSPS) is 23.6. The van der Waals surface area contributed by atoms with Gasteiger partial charge in [-0.3, -0.25) is 0 Å². The number of aliphatic hydroxyl groups excluding tert-OH is 1. The van der Waals surface area contributed by atoms with Crippen LogP contribution in [0.2, 0.25) is 10.0 Å². The van der Waals surface area contributed by atoms with Crippen LogP contribution < -0.4 is 0 Å². The van der Waals surface area contributed by atoms with Gasteiger partial charge in [0.05, 0.1) is 6.10 Å². The van der Waals surface area contributed by atoms with Gasteiger partial charge in [-0.2, -0.15) is 0 Å². The molecule has 0 saturated heterocycles. The summed E-state index contributed by atoms with van der Waals surface area (Å²) in [6.07, 6.45) is 0.277. The van der Waals surface area contributed by atoms with Crippen molar-refractivity contribution in [2.45, 2.75) is 31.8 Å². The SMILES string of the molecule is CC1(C)CC(O)c2cc(Cl)cc(Cl)c21. The van der Waals surface area contributed by atoms with Gasteiger partial charge in [-0.05, 0) is 35.1 Å². The summed E-state index contributed by atoms with van der Waals surface area (Å²) in [5.74, 6) is 0. The van der Waals surface area contributed by atoms with Crippen molar-refractivity contribution in [2.24, 2.45) is 0 Å². The lowest BCUT2D eigenvalue weighted by Gasteiger charge is -2.19. The highest BCUT2D eigenvalue weighted by atomic mass is 35.5. The first-order valence-electron chi connectivity index (χ1n) is 4.59. The Kier molecular flexibility index (Phi) is 2.30. The van der Waals surface area contributed by atoms with E-state index in [0.29, 0.717) is 16.5 Å². The Morgan fingerprint density at radius 3 is 2.64 bits per heavy atom. The fourth-order valence-electron chi connectivity index (χ4n) is 2.27. The second-order valence-corrected chi connectivity index (χ2v) is 5.30. The average Bonchev–Trinajstić information content (AvgIpc) is 2.21. The van der Waals surface area contributed by atoms with E-state index in [-0.39, 0.29) is 5.41 Å². The molecule has 0 saturated carbocycles. The molecular formula is C11H12Cl2O. The Labute approximate surface area is 93.7 Å². The second kappa shape index (κ2) is 3.13.